The van der Waals surface area contributed by atoms with Crippen molar-refractivity contribution >= 4 is 0 Å². The zero-order valence-corrected chi connectivity index (χ0v) is 19.0. The number of hydrogen-bond donors (Lipinski definition) is 0. The molecule has 0 aliphatic carbocycles. The van der Waals surface area contributed by atoms with E-state index in [0.29, 0.717) is 0 Å². The summed E-state index contributed by atoms with van der Waals surface area (Å²) in [6.45, 7) is 1.78. The first-order valence-electron chi connectivity index (χ1n) is 11.3. The van der Waals surface area contributed by atoms with Gasteiger partial charge in [-0.2, -0.15) is 0 Å². The highest BCUT2D eigenvalue weighted by Crippen LogP contribution is 2.38. The summed E-state index contributed by atoms with van der Waals surface area (Å²) in [6.07, 6.45) is 0. The molecule has 4 aromatic carbocycles. The summed E-state index contributed by atoms with van der Waals surface area (Å²) in [5, 5.41) is 0. The van der Waals surface area contributed by atoms with Crippen molar-refractivity contribution in [1.29, 1.82) is 0 Å². The van der Waals surface area contributed by atoms with Crippen molar-refractivity contribution in [3.8, 4) is 0 Å². The summed E-state index contributed by atoms with van der Waals surface area (Å²) < 4.78 is 0. The second kappa shape index (κ2) is 10.9. The van der Waals surface area contributed by atoms with Crippen molar-refractivity contribution in [2.24, 2.45) is 0 Å². The third-order valence-electron chi connectivity index (χ3n) is 6.08. The van der Waals surface area contributed by atoms with Gasteiger partial charge in [0.05, 0.1) is 12.1 Å². The van der Waals surface area contributed by atoms with Gasteiger partial charge in [0.1, 0.15) is 0 Å². The van der Waals surface area contributed by atoms with Crippen LogP contribution in [-0.2, 0) is 13.1 Å². The largest absolute Gasteiger partial charge is 0.293 e. The molecule has 0 amide bonds. The Kier molecular flexibility index (Phi) is 7.50. The predicted octanol–water partition coefficient (Wildman–Crippen LogP) is 6.73. The molecule has 2 nitrogen and oxygen atoms in total. The summed E-state index contributed by atoms with van der Waals surface area (Å²) in [4.78, 5) is 4.98. The Labute approximate surface area is 192 Å². The number of likely N-dealkylation sites (N-methyl/N-ethyl adjacent to an activating group) is 2. The Hall–Kier alpha value is -3.20. The van der Waals surface area contributed by atoms with E-state index in [1.54, 1.807) is 0 Å². The van der Waals surface area contributed by atoms with Crippen LogP contribution in [0.2, 0.25) is 0 Å². The third-order valence-corrected chi connectivity index (χ3v) is 6.08. The molecular weight excluding hydrogens is 388 g/mol. The first kappa shape index (κ1) is 22.0. The molecule has 0 N–H and O–H groups in total. The fraction of sp³-hybridized carbons (Fsp3) is 0.200. The Morgan fingerprint density at radius 3 is 1.03 bits per heavy atom. The molecule has 0 fully saturated rings. The van der Waals surface area contributed by atoms with Gasteiger partial charge in [0.2, 0.25) is 0 Å². The lowest BCUT2D eigenvalue weighted by Crippen LogP contribution is -2.37. The van der Waals surface area contributed by atoms with E-state index in [0.717, 1.165) is 13.1 Å². The zero-order valence-electron chi connectivity index (χ0n) is 19.0. The smallest absolute Gasteiger partial charge is 0.0545 e. The van der Waals surface area contributed by atoms with Crippen LogP contribution < -0.4 is 0 Å². The van der Waals surface area contributed by atoms with Crippen LogP contribution >= 0.6 is 0 Å². The molecule has 0 aliphatic heterocycles. The maximum absolute atomic E-state index is 2.49. The minimum Gasteiger partial charge on any atom is -0.293 e. The Bertz CT molecular complexity index is 960. The topological polar surface area (TPSA) is 6.48 Å². The summed E-state index contributed by atoms with van der Waals surface area (Å²) in [5.41, 5.74) is 5.32. The quantitative estimate of drug-likeness (QED) is 0.296. The number of nitrogens with zero attached hydrogens (tertiary/aromatic N) is 2. The molecule has 0 bridgehead atoms. The van der Waals surface area contributed by atoms with Gasteiger partial charge in [-0.25, -0.2) is 0 Å². The van der Waals surface area contributed by atoms with Gasteiger partial charge in [-0.15, -0.1) is 0 Å². The van der Waals surface area contributed by atoms with E-state index in [1.807, 2.05) is 0 Å². The first-order valence-corrected chi connectivity index (χ1v) is 11.3. The van der Waals surface area contributed by atoms with E-state index in [-0.39, 0.29) is 12.1 Å². The highest BCUT2D eigenvalue weighted by Gasteiger charge is 2.31. The Balaban J connectivity index is 1.73. The summed E-state index contributed by atoms with van der Waals surface area (Å²) in [6, 6.07) is 43.8. The minimum atomic E-state index is 0.201. The zero-order chi connectivity index (χ0) is 22.2. The van der Waals surface area contributed by atoms with Gasteiger partial charge >= 0.3 is 0 Å². The highest BCUT2D eigenvalue weighted by molar-refractivity contribution is 5.29. The third kappa shape index (κ3) is 5.53. The van der Waals surface area contributed by atoms with E-state index in [4.69, 9.17) is 0 Å². The van der Waals surface area contributed by atoms with Gasteiger partial charge in [0.25, 0.3) is 0 Å². The molecule has 0 aromatic heterocycles. The van der Waals surface area contributed by atoms with Crippen LogP contribution in [0, 0.1) is 0 Å². The number of rotatable bonds is 9. The van der Waals surface area contributed by atoms with Crippen LogP contribution in [0.15, 0.2) is 121 Å². The summed E-state index contributed by atoms with van der Waals surface area (Å²) >= 11 is 0. The fourth-order valence-corrected chi connectivity index (χ4v) is 4.60. The van der Waals surface area contributed by atoms with Crippen LogP contribution in [-0.4, -0.2) is 23.9 Å². The van der Waals surface area contributed by atoms with Crippen LogP contribution in [0.5, 0.6) is 0 Å². The van der Waals surface area contributed by atoms with E-state index < -0.39 is 0 Å². The maximum atomic E-state index is 2.49. The average molecular weight is 421 g/mol. The molecule has 0 radical (unpaired) electrons. The van der Waals surface area contributed by atoms with Crippen molar-refractivity contribution in [1.82, 2.24) is 9.80 Å². The average Bonchev–Trinajstić information content (AvgIpc) is 2.84. The minimum absolute atomic E-state index is 0.201. The van der Waals surface area contributed by atoms with Crippen molar-refractivity contribution in [3.05, 3.63) is 144 Å². The predicted molar refractivity (Wildman–Crippen MR) is 134 cm³/mol. The molecule has 32 heavy (non-hydrogen) atoms. The number of benzene rings is 4. The van der Waals surface area contributed by atoms with Crippen LogP contribution in [0.3, 0.4) is 0 Å². The van der Waals surface area contributed by atoms with Crippen LogP contribution in [0.25, 0.3) is 0 Å². The summed E-state index contributed by atoms with van der Waals surface area (Å²) in [5.74, 6) is 0. The van der Waals surface area contributed by atoms with Gasteiger partial charge in [-0.05, 0) is 36.3 Å². The highest BCUT2D eigenvalue weighted by atomic mass is 15.2. The van der Waals surface area contributed by atoms with Crippen molar-refractivity contribution in [2.75, 3.05) is 14.1 Å². The van der Waals surface area contributed by atoms with Crippen molar-refractivity contribution in [3.63, 3.8) is 0 Å². The molecule has 0 saturated heterocycles. The van der Waals surface area contributed by atoms with E-state index in [1.165, 1.54) is 22.3 Å². The monoisotopic (exact) mass is 420 g/mol. The molecular formula is C30H32N2. The molecule has 2 heteroatoms. The summed E-state index contributed by atoms with van der Waals surface area (Å²) in [7, 11) is 4.49. The fourth-order valence-electron chi connectivity index (χ4n) is 4.60. The van der Waals surface area contributed by atoms with Gasteiger partial charge < -0.3 is 0 Å². The van der Waals surface area contributed by atoms with Crippen molar-refractivity contribution in [2.45, 2.75) is 25.2 Å². The van der Waals surface area contributed by atoms with E-state index in [9.17, 15) is 0 Å². The maximum Gasteiger partial charge on any atom is 0.0545 e. The molecule has 2 unspecified atom stereocenters. The molecule has 4 aromatic rings. The molecule has 2 atom stereocenters. The van der Waals surface area contributed by atoms with Crippen LogP contribution in [0.1, 0.15) is 34.3 Å². The molecule has 0 heterocycles. The van der Waals surface area contributed by atoms with Gasteiger partial charge in [0.15, 0.2) is 0 Å². The lowest BCUT2D eigenvalue weighted by Gasteiger charge is -2.40. The van der Waals surface area contributed by atoms with Crippen LogP contribution in [0.4, 0.5) is 0 Å². The lowest BCUT2D eigenvalue weighted by molar-refractivity contribution is 0.102. The Morgan fingerprint density at radius 2 is 0.719 bits per heavy atom. The lowest BCUT2D eigenvalue weighted by atomic mass is 9.90. The number of hydrogen-bond acceptors (Lipinski definition) is 2. The first-order chi connectivity index (χ1) is 15.7. The molecule has 0 aliphatic rings. The second-order valence-electron chi connectivity index (χ2n) is 8.51. The standard InChI is InChI=1S/C30H32N2/c1-31(23-25-15-7-3-8-16-25)29(27-19-11-5-12-20-27)30(28-21-13-6-14-22-28)32(2)24-26-17-9-4-10-18-26/h3-22,29-30H,23-24H2,1-2H3. The molecule has 0 spiro atoms. The normalized spacial score (nSPS) is 13.2. The van der Waals surface area contributed by atoms with E-state index in [2.05, 4.69) is 145 Å². The molecule has 4 rings (SSSR count). The van der Waals surface area contributed by atoms with Gasteiger partial charge in [-0.3, -0.25) is 9.80 Å². The SMILES string of the molecule is CN(Cc1ccccc1)C(c1ccccc1)C(c1ccccc1)N(C)Cc1ccccc1. The van der Waals surface area contributed by atoms with Crippen molar-refractivity contribution < 1.29 is 0 Å². The Morgan fingerprint density at radius 1 is 0.438 bits per heavy atom. The van der Waals surface area contributed by atoms with Gasteiger partial charge in [0, 0.05) is 13.1 Å². The van der Waals surface area contributed by atoms with Gasteiger partial charge in [-0.1, -0.05) is 121 Å². The molecule has 0 saturated carbocycles. The molecule has 162 valence electrons. The van der Waals surface area contributed by atoms with E-state index >= 15 is 0 Å². The second-order valence-corrected chi connectivity index (χ2v) is 8.51.